The van der Waals surface area contributed by atoms with Gasteiger partial charge < -0.3 is 19.8 Å². The summed E-state index contributed by atoms with van der Waals surface area (Å²) >= 11 is 0. The highest BCUT2D eigenvalue weighted by Crippen LogP contribution is 2.38. The summed E-state index contributed by atoms with van der Waals surface area (Å²) in [5.74, 6) is 2.73. The van der Waals surface area contributed by atoms with Crippen LogP contribution in [0, 0.1) is 6.92 Å². The standard InChI is InChI=1S/C16H19N3O2/c1-9-12(17)4-6-15-18-16(10(2)19(9)15)11-3-5-13-14(7-11)21-8-20-13/h3,5,7,9,12H,4,6,8,17H2,1-2H3. The molecule has 2 aliphatic rings. The van der Waals surface area contributed by atoms with E-state index >= 15 is 0 Å². The van der Waals surface area contributed by atoms with Crippen molar-refractivity contribution < 1.29 is 9.47 Å². The van der Waals surface area contributed by atoms with E-state index in [1.165, 1.54) is 5.69 Å². The number of rotatable bonds is 1. The van der Waals surface area contributed by atoms with Gasteiger partial charge in [0.15, 0.2) is 11.5 Å². The fourth-order valence-electron chi connectivity index (χ4n) is 3.33. The van der Waals surface area contributed by atoms with E-state index in [1.807, 2.05) is 18.2 Å². The summed E-state index contributed by atoms with van der Waals surface area (Å²) in [6.07, 6.45) is 1.94. The van der Waals surface area contributed by atoms with Crippen molar-refractivity contribution in [2.45, 2.75) is 38.8 Å². The summed E-state index contributed by atoms with van der Waals surface area (Å²) in [5, 5.41) is 0. The molecule has 110 valence electrons. The van der Waals surface area contributed by atoms with E-state index in [4.69, 9.17) is 20.2 Å². The van der Waals surface area contributed by atoms with Crippen LogP contribution in [0.25, 0.3) is 11.3 Å². The van der Waals surface area contributed by atoms with Crippen molar-refractivity contribution in [3.8, 4) is 22.8 Å². The number of aromatic nitrogens is 2. The van der Waals surface area contributed by atoms with Gasteiger partial charge in [-0.2, -0.15) is 0 Å². The second-order valence-electron chi connectivity index (χ2n) is 5.84. The molecule has 0 bridgehead atoms. The van der Waals surface area contributed by atoms with Crippen molar-refractivity contribution in [1.29, 1.82) is 0 Å². The van der Waals surface area contributed by atoms with Gasteiger partial charge in [-0.25, -0.2) is 4.98 Å². The Labute approximate surface area is 123 Å². The number of hydrogen-bond donors (Lipinski definition) is 1. The third-order valence-corrected chi connectivity index (χ3v) is 4.60. The van der Waals surface area contributed by atoms with Crippen LogP contribution in [0.4, 0.5) is 0 Å². The molecule has 0 aliphatic carbocycles. The van der Waals surface area contributed by atoms with Crippen LogP contribution in [-0.4, -0.2) is 22.4 Å². The minimum absolute atomic E-state index is 0.204. The summed E-state index contributed by atoms with van der Waals surface area (Å²) in [6.45, 7) is 4.58. The Morgan fingerprint density at radius 1 is 1.29 bits per heavy atom. The molecule has 5 nitrogen and oxygen atoms in total. The summed E-state index contributed by atoms with van der Waals surface area (Å²) in [6, 6.07) is 6.50. The maximum atomic E-state index is 6.20. The third-order valence-electron chi connectivity index (χ3n) is 4.60. The number of ether oxygens (including phenoxy) is 2. The van der Waals surface area contributed by atoms with Gasteiger partial charge in [0.05, 0.1) is 5.69 Å². The van der Waals surface area contributed by atoms with E-state index in [-0.39, 0.29) is 6.04 Å². The Kier molecular flexibility index (Phi) is 2.72. The van der Waals surface area contributed by atoms with Gasteiger partial charge in [-0.1, -0.05) is 0 Å². The maximum Gasteiger partial charge on any atom is 0.231 e. The van der Waals surface area contributed by atoms with Crippen LogP contribution in [-0.2, 0) is 6.42 Å². The van der Waals surface area contributed by atoms with Crippen molar-refractivity contribution in [2.24, 2.45) is 5.73 Å². The van der Waals surface area contributed by atoms with Gasteiger partial charge >= 0.3 is 0 Å². The lowest BCUT2D eigenvalue weighted by Gasteiger charge is -2.29. The van der Waals surface area contributed by atoms with Crippen molar-refractivity contribution in [1.82, 2.24) is 9.55 Å². The molecular weight excluding hydrogens is 266 g/mol. The van der Waals surface area contributed by atoms with Gasteiger partial charge in [0, 0.05) is 29.8 Å². The Bertz CT molecular complexity index is 708. The topological polar surface area (TPSA) is 62.3 Å². The zero-order chi connectivity index (χ0) is 14.6. The van der Waals surface area contributed by atoms with Crippen LogP contribution in [0.3, 0.4) is 0 Å². The zero-order valence-corrected chi connectivity index (χ0v) is 12.3. The minimum atomic E-state index is 0.204. The van der Waals surface area contributed by atoms with E-state index in [9.17, 15) is 0 Å². The molecule has 2 N–H and O–H groups in total. The van der Waals surface area contributed by atoms with Crippen LogP contribution >= 0.6 is 0 Å². The molecule has 1 aromatic carbocycles. The van der Waals surface area contributed by atoms with E-state index in [0.717, 1.165) is 41.4 Å². The highest BCUT2D eigenvalue weighted by molar-refractivity contribution is 5.67. The molecule has 2 aliphatic heterocycles. The first kappa shape index (κ1) is 12.7. The molecule has 5 heteroatoms. The molecule has 0 amide bonds. The molecule has 0 saturated heterocycles. The largest absolute Gasteiger partial charge is 0.454 e. The van der Waals surface area contributed by atoms with E-state index in [1.54, 1.807) is 0 Å². The van der Waals surface area contributed by atoms with Crippen LogP contribution in [0.1, 0.15) is 30.9 Å². The minimum Gasteiger partial charge on any atom is -0.454 e. The van der Waals surface area contributed by atoms with Crippen LogP contribution in [0.5, 0.6) is 11.5 Å². The Morgan fingerprint density at radius 2 is 2.10 bits per heavy atom. The summed E-state index contributed by atoms with van der Waals surface area (Å²) in [4.78, 5) is 4.84. The first-order valence-electron chi connectivity index (χ1n) is 7.38. The summed E-state index contributed by atoms with van der Waals surface area (Å²) < 4.78 is 13.1. The molecule has 2 atom stereocenters. The lowest BCUT2D eigenvalue weighted by Crippen LogP contribution is -2.36. The molecule has 0 saturated carbocycles. The monoisotopic (exact) mass is 285 g/mol. The predicted molar refractivity (Wildman–Crippen MR) is 79.5 cm³/mol. The Hall–Kier alpha value is -2.01. The zero-order valence-electron chi connectivity index (χ0n) is 12.3. The molecule has 2 unspecified atom stereocenters. The maximum absolute atomic E-state index is 6.20. The highest BCUT2D eigenvalue weighted by Gasteiger charge is 2.28. The van der Waals surface area contributed by atoms with Crippen LogP contribution in [0.15, 0.2) is 18.2 Å². The smallest absolute Gasteiger partial charge is 0.231 e. The van der Waals surface area contributed by atoms with Gasteiger partial charge in [0.25, 0.3) is 0 Å². The molecule has 0 radical (unpaired) electrons. The predicted octanol–water partition coefficient (Wildman–Crippen LogP) is 2.42. The van der Waals surface area contributed by atoms with Crippen molar-refractivity contribution in [3.05, 3.63) is 29.7 Å². The summed E-state index contributed by atoms with van der Waals surface area (Å²) in [7, 11) is 0. The fourth-order valence-corrected chi connectivity index (χ4v) is 3.33. The summed E-state index contributed by atoms with van der Waals surface area (Å²) in [5.41, 5.74) is 9.46. The second kappa shape index (κ2) is 4.49. The van der Waals surface area contributed by atoms with Gasteiger partial charge in [0.2, 0.25) is 6.79 Å². The number of aryl methyl sites for hydroxylation is 1. The SMILES string of the molecule is Cc1c(-c2ccc3c(c2)OCO3)nc2n1C(C)C(N)CC2. The van der Waals surface area contributed by atoms with Gasteiger partial charge in [-0.15, -0.1) is 0 Å². The molecule has 0 fully saturated rings. The van der Waals surface area contributed by atoms with Crippen molar-refractivity contribution in [2.75, 3.05) is 6.79 Å². The van der Waals surface area contributed by atoms with E-state index < -0.39 is 0 Å². The molecule has 1 aromatic heterocycles. The van der Waals surface area contributed by atoms with Crippen molar-refractivity contribution in [3.63, 3.8) is 0 Å². The average molecular weight is 285 g/mol. The molecule has 4 rings (SSSR count). The van der Waals surface area contributed by atoms with E-state index in [2.05, 4.69) is 18.4 Å². The second-order valence-corrected chi connectivity index (χ2v) is 5.84. The van der Waals surface area contributed by atoms with Crippen LogP contribution in [0.2, 0.25) is 0 Å². The fraction of sp³-hybridized carbons (Fsp3) is 0.438. The van der Waals surface area contributed by atoms with Gasteiger partial charge in [-0.05, 0) is 38.5 Å². The Balaban J connectivity index is 1.82. The number of hydrogen-bond acceptors (Lipinski definition) is 4. The van der Waals surface area contributed by atoms with Crippen LogP contribution < -0.4 is 15.2 Å². The third kappa shape index (κ3) is 1.84. The number of nitrogens with two attached hydrogens (primary N) is 1. The quantitative estimate of drug-likeness (QED) is 0.874. The molecule has 2 aromatic rings. The first-order valence-corrected chi connectivity index (χ1v) is 7.38. The lowest BCUT2D eigenvalue weighted by molar-refractivity contribution is 0.174. The average Bonchev–Trinajstić information content (AvgIpc) is 3.07. The number of fused-ring (bicyclic) bond motifs is 2. The van der Waals surface area contributed by atoms with E-state index in [0.29, 0.717) is 12.8 Å². The molecular formula is C16H19N3O2. The normalized spacial score (nSPS) is 23.2. The lowest BCUT2D eigenvalue weighted by atomic mass is 10.0. The van der Waals surface area contributed by atoms with Crippen molar-refractivity contribution >= 4 is 0 Å². The molecule has 3 heterocycles. The number of nitrogens with zero attached hydrogens (tertiary/aromatic N) is 2. The molecule has 0 spiro atoms. The number of imidazole rings is 1. The van der Waals surface area contributed by atoms with Gasteiger partial charge in [-0.3, -0.25) is 0 Å². The highest BCUT2D eigenvalue weighted by atomic mass is 16.7. The van der Waals surface area contributed by atoms with Gasteiger partial charge in [0.1, 0.15) is 5.82 Å². The first-order chi connectivity index (χ1) is 10.1. The Morgan fingerprint density at radius 3 is 2.95 bits per heavy atom. The molecule has 21 heavy (non-hydrogen) atoms. The number of benzene rings is 1.